The lowest BCUT2D eigenvalue weighted by molar-refractivity contribution is 0.213. The van der Waals surface area contributed by atoms with E-state index in [1.54, 1.807) is 7.11 Å². The zero-order chi connectivity index (χ0) is 8.27. The van der Waals surface area contributed by atoms with E-state index in [1.165, 1.54) is 0 Å². The van der Waals surface area contributed by atoms with E-state index in [9.17, 15) is 0 Å². The molecule has 3 heteroatoms. The van der Waals surface area contributed by atoms with Crippen molar-refractivity contribution in [2.75, 3.05) is 7.11 Å². The van der Waals surface area contributed by atoms with Gasteiger partial charge in [0.05, 0.1) is 5.69 Å². The molecule has 60 valence electrons. The minimum atomic E-state index is 0.889. The number of nitrogens with zero attached hydrogens (tertiary/aromatic N) is 2. The summed E-state index contributed by atoms with van der Waals surface area (Å²) in [6, 6.07) is 3.97. The molecule has 0 aliphatic rings. The first-order valence-electron chi connectivity index (χ1n) is 3.45. The quantitative estimate of drug-likeness (QED) is 0.464. The van der Waals surface area contributed by atoms with Crippen molar-refractivity contribution < 1.29 is 4.84 Å². The summed E-state index contributed by atoms with van der Waals surface area (Å²) >= 11 is 0. The molecule has 0 spiro atoms. The molecule has 0 saturated heterocycles. The zero-order valence-electron chi connectivity index (χ0n) is 7.03. The lowest BCUT2D eigenvalue weighted by atomic mass is 10.3. The molecule has 0 saturated carbocycles. The van der Waals surface area contributed by atoms with Crippen LogP contribution in [0, 0.1) is 0 Å². The highest BCUT2D eigenvalue weighted by Crippen LogP contribution is 2.01. The Balaban J connectivity index is 2.92. The van der Waals surface area contributed by atoms with Crippen LogP contribution in [0.15, 0.2) is 23.5 Å². The molecule has 1 aromatic rings. The van der Waals surface area contributed by atoms with E-state index < -0.39 is 0 Å². The number of hydrogen-bond donors (Lipinski definition) is 0. The second-order valence-electron chi connectivity index (χ2n) is 2.36. The molecule has 1 rings (SSSR count). The maximum atomic E-state index is 4.66. The molecule has 0 aliphatic heterocycles. The second kappa shape index (κ2) is 3.23. The average molecular weight is 152 g/mol. The lowest BCUT2D eigenvalue weighted by Gasteiger charge is -2.00. The Kier molecular flexibility index (Phi) is 2.31. The summed E-state index contributed by atoms with van der Waals surface area (Å²) in [5.74, 6) is 0. The standard InChI is InChI=1S/C8H12N2O/c1-7(9-11-3)8-5-4-6-10(8)2/h4-6H,1-3H3. The molecule has 0 radical (unpaired) electrons. The first-order chi connectivity index (χ1) is 5.25. The van der Waals surface area contributed by atoms with Gasteiger partial charge in [-0.2, -0.15) is 0 Å². The molecule has 0 unspecified atom stereocenters. The van der Waals surface area contributed by atoms with Crippen LogP contribution in [0.2, 0.25) is 0 Å². The van der Waals surface area contributed by atoms with Gasteiger partial charge in [0, 0.05) is 13.2 Å². The molecule has 1 heterocycles. The predicted octanol–water partition coefficient (Wildman–Crippen LogP) is 1.40. The number of oxime groups is 1. The highest BCUT2D eigenvalue weighted by molar-refractivity contribution is 5.96. The van der Waals surface area contributed by atoms with Crippen molar-refractivity contribution in [3.63, 3.8) is 0 Å². The SMILES string of the molecule is CON=C(C)c1cccn1C. The van der Waals surface area contributed by atoms with E-state index in [1.807, 2.05) is 36.9 Å². The third kappa shape index (κ3) is 1.61. The van der Waals surface area contributed by atoms with Gasteiger partial charge in [-0.15, -0.1) is 0 Å². The van der Waals surface area contributed by atoms with Crippen molar-refractivity contribution in [2.24, 2.45) is 12.2 Å². The van der Waals surface area contributed by atoms with Gasteiger partial charge in [-0.1, -0.05) is 5.16 Å². The average Bonchev–Trinajstić information content (AvgIpc) is 2.36. The molecule has 0 bridgehead atoms. The summed E-state index contributed by atoms with van der Waals surface area (Å²) in [5.41, 5.74) is 1.96. The summed E-state index contributed by atoms with van der Waals surface area (Å²) in [5, 5.41) is 3.82. The van der Waals surface area contributed by atoms with Crippen molar-refractivity contribution in [3.8, 4) is 0 Å². The minimum Gasteiger partial charge on any atom is -0.399 e. The Labute approximate surface area is 66.3 Å². The van der Waals surface area contributed by atoms with E-state index in [0.717, 1.165) is 11.4 Å². The largest absolute Gasteiger partial charge is 0.399 e. The molecule has 0 amide bonds. The third-order valence-electron chi connectivity index (χ3n) is 1.54. The molecule has 0 aliphatic carbocycles. The Morgan fingerprint density at radius 1 is 1.64 bits per heavy atom. The zero-order valence-corrected chi connectivity index (χ0v) is 7.03. The normalized spacial score (nSPS) is 11.7. The fourth-order valence-electron chi connectivity index (χ4n) is 1.02. The van der Waals surface area contributed by atoms with Crippen molar-refractivity contribution in [2.45, 2.75) is 6.92 Å². The van der Waals surface area contributed by atoms with Crippen molar-refractivity contribution >= 4 is 5.71 Å². The second-order valence-corrected chi connectivity index (χ2v) is 2.36. The maximum absolute atomic E-state index is 4.66. The van der Waals surface area contributed by atoms with E-state index in [4.69, 9.17) is 0 Å². The summed E-state index contributed by atoms with van der Waals surface area (Å²) in [7, 11) is 3.52. The predicted molar refractivity (Wildman–Crippen MR) is 44.6 cm³/mol. The first kappa shape index (κ1) is 7.85. The van der Waals surface area contributed by atoms with Crippen molar-refractivity contribution in [3.05, 3.63) is 24.0 Å². The van der Waals surface area contributed by atoms with Crippen LogP contribution >= 0.6 is 0 Å². The van der Waals surface area contributed by atoms with Crippen LogP contribution in [0.3, 0.4) is 0 Å². The van der Waals surface area contributed by atoms with Crippen molar-refractivity contribution in [1.82, 2.24) is 4.57 Å². The molecule has 3 nitrogen and oxygen atoms in total. The van der Waals surface area contributed by atoms with Gasteiger partial charge in [0.1, 0.15) is 12.8 Å². The fourth-order valence-corrected chi connectivity index (χ4v) is 1.02. The van der Waals surface area contributed by atoms with E-state index >= 15 is 0 Å². The number of rotatable bonds is 2. The molecular weight excluding hydrogens is 140 g/mol. The summed E-state index contributed by atoms with van der Waals surface area (Å²) in [4.78, 5) is 4.66. The Morgan fingerprint density at radius 2 is 2.36 bits per heavy atom. The van der Waals surface area contributed by atoms with E-state index in [0.29, 0.717) is 0 Å². The van der Waals surface area contributed by atoms with E-state index in [-0.39, 0.29) is 0 Å². The van der Waals surface area contributed by atoms with Gasteiger partial charge in [-0.25, -0.2) is 0 Å². The van der Waals surface area contributed by atoms with Crippen molar-refractivity contribution in [1.29, 1.82) is 0 Å². The summed E-state index contributed by atoms with van der Waals surface area (Å²) < 4.78 is 2.00. The summed E-state index contributed by atoms with van der Waals surface area (Å²) in [6.07, 6.45) is 1.98. The smallest absolute Gasteiger partial charge is 0.106 e. The van der Waals surface area contributed by atoms with Gasteiger partial charge in [0.2, 0.25) is 0 Å². The maximum Gasteiger partial charge on any atom is 0.106 e. The van der Waals surface area contributed by atoms with Crippen LogP contribution in [0.25, 0.3) is 0 Å². The number of aromatic nitrogens is 1. The monoisotopic (exact) mass is 152 g/mol. The Morgan fingerprint density at radius 3 is 2.82 bits per heavy atom. The van der Waals surface area contributed by atoms with Gasteiger partial charge < -0.3 is 9.40 Å². The van der Waals surface area contributed by atoms with Crippen LogP contribution in [-0.4, -0.2) is 17.4 Å². The number of hydrogen-bond acceptors (Lipinski definition) is 2. The van der Waals surface area contributed by atoms with Gasteiger partial charge in [-0.05, 0) is 19.1 Å². The van der Waals surface area contributed by atoms with Gasteiger partial charge in [0.15, 0.2) is 0 Å². The van der Waals surface area contributed by atoms with Crippen LogP contribution in [0.1, 0.15) is 12.6 Å². The van der Waals surface area contributed by atoms with E-state index in [2.05, 4.69) is 9.99 Å². The lowest BCUT2D eigenvalue weighted by Crippen LogP contribution is -2.02. The van der Waals surface area contributed by atoms with Crippen LogP contribution in [0.4, 0.5) is 0 Å². The number of aryl methyl sites for hydroxylation is 1. The van der Waals surface area contributed by atoms with Crippen LogP contribution < -0.4 is 0 Å². The molecule has 0 atom stereocenters. The van der Waals surface area contributed by atoms with Crippen LogP contribution in [-0.2, 0) is 11.9 Å². The van der Waals surface area contributed by atoms with Crippen LogP contribution in [0.5, 0.6) is 0 Å². The third-order valence-corrected chi connectivity index (χ3v) is 1.54. The van der Waals surface area contributed by atoms with Gasteiger partial charge in [0.25, 0.3) is 0 Å². The highest BCUT2D eigenvalue weighted by Gasteiger charge is 1.99. The highest BCUT2D eigenvalue weighted by atomic mass is 16.6. The topological polar surface area (TPSA) is 26.5 Å². The molecular formula is C8H12N2O. The molecule has 11 heavy (non-hydrogen) atoms. The Bertz CT molecular complexity index is 263. The molecule has 0 N–H and O–H groups in total. The minimum absolute atomic E-state index is 0.889. The molecule has 1 aromatic heterocycles. The summed E-state index contributed by atoms with van der Waals surface area (Å²) in [6.45, 7) is 1.92. The molecule has 0 fully saturated rings. The van der Waals surface area contributed by atoms with Gasteiger partial charge in [-0.3, -0.25) is 0 Å². The fraction of sp³-hybridized carbons (Fsp3) is 0.375. The first-order valence-corrected chi connectivity index (χ1v) is 3.45. The molecule has 0 aromatic carbocycles. The van der Waals surface area contributed by atoms with Gasteiger partial charge >= 0.3 is 0 Å². The Hall–Kier alpha value is -1.25.